The fraction of sp³-hybridized carbons (Fsp3) is 0.351. The SMILES string of the molecule is CCOC(=O)CC[C@H](NC(=O)[C@H](CC(=O)OCC)NC(=O)[C@H](Cc1ccc2ccccc2c1)NC(=O)c1cc2cc(OC)ccc2[nH]1)C(=O)OC. The molecule has 0 bridgehead atoms. The van der Waals surface area contributed by atoms with Crippen LogP contribution < -0.4 is 20.7 Å². The first-order valence-electron chi connectivity index (χ1n) is 16.5. The zero-order valence-electron chi connectivity index (χ0n) is 28.9. The number of aromatic nitrogens is 1. The number of amides is 3. The molecule has 0 unspecified atom stereocenters. The van der Waals surface area contributed by atoms with Gasteiger partial charge >= 0.3 is 17.9 Å². The van der Waals surface area contributed by atoms with Crippen LogP contribution in [0.3, 0.4) is 0 Å². The van der Waals surface area contributed by atoms with Crippen molar-refractivity contribution in [1.29, 1.82) is 0 Å². The molecular formula is C37H42N4O10. The van der Waals surface area contributed by atoms with E-state index in [1.165, 1.54) is 7.11 Å². The second-order valence-electron chi connectivity index (χ2n) is 11.5. The molecule has 0 radical (unpaired) electrons. The molecule has 0 aliphatic heterocycles. The van der Waals surface area contributed by atoms with Gasteiger partial charge in [0, 0.05) is 23.7 Å². The maximum atomic E-state index is 14.0. The van der Waals surface area contributed by atoms with Crippen LogP contribution in [0.5, 0.6) is 5.75 Å². The summed E-state index contributed by atoms with van der Waals surface area (Å²) in [6, 6.07) is 16.1. The minimum atomic E-state index is -1.53. The largest absolute Gasteiger partial charge is 0.497 e. The molecule has 14 nitrogen and oxygen atoms in total. The smallest absolute Gasteiger partial charge is 0.328 e. The Morgan fingerprint density at radius 1 is 0.706 bits per heavy atom. The third kappa shape index (κ3) is 10.5. The number of ether oxygens (including phenoxy) is 4. The summed E-state index contributed by atoms with van der Waals surface area (Å²) in [6.07, 6.45) is -0.927. The number of aromatic amines is 1. The van der Waals surface area contributed by atoms with E-state index in [2.05, 4.69) is 20.9 Å². The summed E-state index contributed by atoms with van der Waals surface area (Å²) < 4.78 is 20.0. The second kappa shape index (κ2) is 18.2. The molecule has 4 N–H and O–H groups in total. The molecule has 0 fully saturated rings. The number of rotatable bonds is 17. The molecular weight excluding hydrogens is 660 g/mol. The van der Waals surface area contributed by atoms with Crippen molar-refractivity contribution in [2.75, 3.05) is 27.4 Å². The number of carbonyl (C=O) groups is 6. The molecule has 270 valence electrons. The molecule has 0 saturated heterocycles. The van der Waals surface area contributed by atoms with Gasteiger partial charge in [-0.1, -0.05) is 42.5 Å². The van der Waals surface area contributed by atoms with Gasteiger partial charge in [0.15, 0.2) is 0 Å². The molecule has 0 saturated carbocycles. The first-order valence-corrected chi connectivity index (χ1v) is 16.5. The van der Waals surface area contributed by atoms with Gasteiger partial charge in [-0.05, 0) is 60.9 Å². The average Bonchev–Trinajstić information content (AvgIpc) is 3.56. The van der Waals surface area contributed by atoms with Crippen molar-refractivity contribution in [2.24, 2.45) is 0 Å². The van der Waals surface area contributed by atoms with Crippen LogP contribution in [0.15, 0.2) is 66.7 Å². The number of fused-ring (bicyclic) bond motifs is 2. The molecule has 3 aromatic carbocycles. The summed E-state index contributed by atoms with van der Waals surface area (Å²) in [4.78, 5) is 81.3. The van der Waals surface area contributed by atoms with Crippen molar-refractivity contribution in [3.63, 3.8) is 0 Å². The Bertz CT molecular complexity index is 1890. The van der Waals surface area contributed by atoms with E-state index < -0.39 is 60.2 Å². The molecule has 4 rings (SSSR count). The minimum absolute atomic E-state index is 0.0163. The van der Waals surface area contributed by atoms with Crippen molar-refractivity contribution in [3.05, 3.63) is 78.0 Å². The van der Waals surface area contributed by atoms with Crippen molar-refractivity contribution in [3.8, 4) is 5.75 Å². The standard InChI is InChI=1S/C37H42N4O10/c1-5-50-32(42)16-15-28(37(47)49-4)39-36(46)31(21-33(43)51-6-2)41-34(44)29(18-22-11-12-23-9-7-8-10-24(23)17-22)40-35(45)30-20-25-19-26(48-3)13-14-27(25)38-30/h7-14,17,19-20,28-29,31,38H,5-6,15-16,18,21H2,1-4H3,(H,39,46)(H,40,45)(H,41,44)/t28-,29-,31-/m0/s1. The van der Waals surface area contributed by atoms with Gasteiger partial charge in [0.25, 0.3) is 5.91 Å². The third-order valence-corrected chi connectivity index (χ3v) is 8.00. The number of benzene rings is 3. The first kappa shape index (κ1) is 37.9. The maximum absolute atomic E-state index is 14.0. The van der Waals surface area contributed by atoms with E-state index in [9.17, 15) is 28.8 Å². The normalized spacial score (nSPS) is 12.6. The quantitative estimate of drug-likeness (QED) is 0.0940. The molecule has 0 spiro atoms. The van der Waals surface area contributed by atoms with Gasteiger partial charge in [0.2, 0.25) is 11.8 Å². The van der Waals surface area contributed by atoms with Crippen LogP contribution in [0.2, 0.25) is 0 Å². The van der Waals surface area contributed by atoms with Crippen molar-refractivity contribution >= 4 is 57.3 Å². The Hall–Kier alpha value is -5.92. The van der Waals surface area contributed by atoms with Gasteiger partial charge in [-0.25, -0.2) is 4.79 Å². The Morgan fingerprint density at radius 2 is 1.39 bits per heavy atom. The lowest BCUT2D eigenvalue weighted by molar-refractivity contribution is -0.148. The molecule has 51 heavy (non-hydrogen) atoms. The van der Waals surface area contributed by atoms with Crippen LogP contribution in [0.25, 0.3) is 21.7 Å². The number of hydrogen-bond donors (Lipinski definition) is 4. The average molecular weight is 703 g/mol. The predicted molar refractivity (Wildman–Crippen MR) is 187 cm³/mol. The monoisotopic (exact) mass is 702 g/mol. The Kier molecular flexibility index (Phi) is 13.5. The third-order valence-electron chi connectivity index (χ3n) is 8.00. The maximum Gasteiger partial charge on any atom is 0.328 e. The Labute approximate surface area is 294 Å². The number of nitrogens with one attached hydrogen (secondary N) is 4. The van der Waals surface area contributed by atoms with Crippen LogP contribution in [-0.2, 0) is 44.6 Å². The lowest BCUT2D eigenvalue weighted by Crippen LogP contribution is -2.57. The summed E-state index contributed by atoms with van der Waals surface area (Å²) in [7, 11) is 2.65. The minimum Gasteiger partial charge on any atom is -0.497 e. The fourth-order valence-electron chi connectivity index (χ4n) is 5.43. The number of hydrogen-bond acceptors (Lipinski definition) is 10. The predicted octanol–water partition coefficient (Wildman–Crippen LogP) is 3.11. The van der Waals surface area contributed by atoms with E-state index in [0.29, 0.717) is 22.2 Å². The summed E-state index contributed by atoms with van der Waals surface area (Å²) in [5, 5.41) is 10.4. The zero-order chi connectivity index (χ0) is 36.9. The highest BCUT2D eigenvalue weighted by molar-refractivity contribution is 6.01. The van der Waals surface area contributed by atoms with Crippen LogP contribution in [-0.4, -0.2) is 86.2 Å². The van der Waals surface area contributed by atoms with Crippen molar-refractivity contribution in [2.45, 2.75) is 57.7 Å². The van der Waals surface area contributed by atoms with E-state index in [1.807, 2.05) is 42.5 Å². The van der Waals surface area contributed by atoms with Gasteiger partial charge in [-0.3, -0.25) is 24.0 Å². The number of esters is 3. The van der Waals surface area contributed by atoms with E-state index in [-0.39, 0.29) is 38.2 Å². The second-order valence-corrected chi connectivity index (χ2v) is 11.5. The van der Waals surface area contributed by atoms with Gasteiger partial charge in [-0.15, -0.1) is 0 Å². The van der Waals surface area contributed by atoms with E-state index in [4.69, 9.17) is 18.9 Å². The number of methoxy groups -OCH3 is 2. The van der Waals surface area contributed by atoms with E-state index in [1.54, 1.807) is 38.1 Å². The molecule has 3 amide bonds. The fourth-order valence-corrected chi connectivity index (χ4v) is 5.43. The van der Waals surface area contributed by atoms with Crippen LogP contribution in [0.4, 0.5) is 0 Å². The van der Waals surface area contributed by atoms with Crippen LogP contribution in [0.1, 0.15) is 49.2 Å². The van der Waals surface area contributed by atoms with Gasteiger partial charge in [-0.2, -0.15) is 0 Å². The van der Waals surface area contributed by atoms with Gasteiger partial charge in [0.05, 0.1) is 33.9 Å². The highest BCUT2D eigenvalue weighted by Gasteiger charge is 2.32. The summed E-state index contributed by atoms with van der Waals surface area (Å²) in [6.45, 7) is 3.37. The van der Waals surface area contributed by atoms with Crippen molar-refractivity contribution < 1.29 is 47.7 Å². The molecule has 1 aromatic heterocycles. The highest BCUT2D eigenvalue weighted by Crippen LogP contribution is 2.22. The Balaban J connectivity index is 1.61. The summed E-state index contributed by atoms with van der Waals surface area (Å²) >= 11 is 0. The van der Waals surface area contributed by atoms with Crippen LogP contribution in [0, 0.1) is 0 Å². The summed E-state index contributed by atoms with van der Waals surface area (Å²) in [5.41, 5.74) is 1.57. The molecule has 14 heteroatoms. The Morgan fingerprint density at radius 3 is 2.10 bits per heavy atom. The van der Waals surface area contributed by atoms with E-state index >= 15 is 0 Å². The number of carbonyl (C=O) groups excluding carboxylic acids is 6. The lowest BCUT2D eigenvalue weighted by Gasteiger charge is -2.24. The summed E-state index contributed by atoms with van der Waals surface area (Å²) in [5.74, 6) is -3.89. The number of H-pyrrole nitrogens is 1. The van der Waals surface area contributed by atoms with Gasteiger partial charge < -0.3 is 39.9 Å². The first-order chi connectivity index (χ1) is 24.5. The molecule has 3 atom stereocenters. The molecule has 4 aromatic rings. The zero-order valence-corrected chi connectivity index (χ0v) is 28.9. The molecule has 1 heterocycles. The molecule has 0 aliphatic rings. The molecule has 0 aliphatic carbocycles. The van der Waals surface area contributed by atoms with Gasteiger partial charge in [0.1, 0.15) is 29.6 Å². The van der Waals surface area contributed by atoms with Crippen molar-refractivity contribution in [1.82, 2.24) is 20.9 Å². The highest BCUT2D eigenvalue weighted by atomic mass is 16.5. The van der Waals surface area contributed by atoms with Crippen LogP contribution >= 0.6 is 0 Å². The lowest BCUT2D eigenvalue weighted by atomic mass is 10.0. The topological polar surface area (TPSA) is 191 Å². The van der Waals surface area contributed by atoms with E-state index in [0.717, 1.165) is 17.9 Å².